The third-order valence-electron chi connectivity index (χ3n) is 5.11. The summed E-state index contributed by atoms with van der Waals surface area (Å²) in [4.78, 5) is 38.4. The Kier molecular flexibility index (Phi) is 5.78. The smallest absolute Gasteiger partial charge is 0.410 e. The molecule has 2 aromatic carbocycles. The van der Waals surface area contributed by atoms with Gasteiger partial charge in [0.05, 0.1) is 0 Å². The summed E-state index contributed by atoms with van der Waals surface area (Å²) in [7, 11) is 0. The number of anilines is 1. The summed E-state index contributed by atoms with van der Waals surface area (Å²) in [5.41, 5.74) is 1.08. The van der Waals surface area contributed by atoms with Crippen molar-refractivity contribution in [1.82, 2.24) is 4.90 Å². The number of amides is 2. The van der Waals surface area contributed by atoms with Crippen molar-refractivity contribution in [2.45, 2.75) is 38.8 Å². The maximum Gasteiger partial charge on any atom is 0.410 e. The van der Waals surface area contributed by atoms with Gasteiger partial charge in [-0.2, -0.15) is 0 Å². The fourth-order valence-electron chi connectivity index (χ4n) is 3.34. The molecular weight excluding hydrogens is 356 g/mol. The number of hydrogen-bond donors (Lipinski definition) is 1. The van der Waals surface area contributed by atoms with Gasteiger partial charge in [-0.25, -0.2) is 4.79 Å². The van der Waals surface area contributed by atoms with Gasteiger partial charge >= 0.3 is 6.09 Å². The van der Waals surface area contributed by atoms with Gasteiger partial charge in [0.15, 0.2) is 5.78 Å². The summed E-state index contributed by atoms with van der Waals surface area (Å²) in [6.45, 7) is 3.89. The van der Waals surface area contributed by atoms with Gasteiger partial charge < -0.3 is 10.1 Å². The minimum absolute atomic E-state index is 0.0343. The highest BCUT2D eigenvalue weighted by molar-refractivity contribution is 6.00. The molecule has 1 N–H and O–H groups in total. The van der Waals surface area contributed by atoms with E-state index in [0.29, 0.717) is 24.2 Å². The van der Waals surface area contributed by atoms with Crippen molar-refractivity contribution in [2.24, 2.45) is 0 Å². The normalized spacial score (nSPS) is 18.6. The fourth-order valence-corrected chi connectivity index (χ4v) is 3.34. The van der Waals surface area contributed by atoms with Crippen LogP contribution in [0.2, 0.25) is 0 Å². The minimum atomic E-state index is -0.979. The third-order valence-corrected chi connectivity index (χ3v) is 5.11. The zero-order valence-corrected chi connectivity index (χ0v) is 16.1. The predicted molar refractivity (Wildman–Crippen MR) is 106 cm³/mol. The van der Waals surface area contributed by atoms with E-state index in [1.165, 1.54) is 11.8 Å². The SMILES string of the molecule is CC(=O)c1ccc(NC(=O)C2(C)CCCN2C(=O)OCc2ccccc2)cc1. The van der Waals surface area contributed by atoms with E-state index in [4.69, 9.17) is 4.74 Å². The maximum atomic E-state index is 12.9. The Balaban J connectivity index is 1.65. The zero-order valence-electron chi connectivity index (χ0n) is 16.1. The molecule has 0 saturated carbocycles. The van der Waals surface area contributed by atoms with Crippen molar-refractivity contribution in [3.8, 4) is 0 Å². The highest BCUT2D eigenvalue weighted by Crippen LogP contribution is 2.31. The molecule has 1 heterocycles. The van der Waals surface area contributed by atoms with Crippen LogP contribution in [0.15, 0.2) is 54.6 Å². The van der Waals surface area contributed by atoms with E-state index in [0.717, 1.165) is 12.0 Å². The van der Waals surface area contributed by atoms with Gasteiger partial charge in [0, 0.05) is 17.8 Å². The molecule has 1 unspecified atom stereocenters. The first kappa shape index (κ1) is 19.6. The molecule has 1 atom stereocenters. The molecule has 3 rings (SSSR count). The van der Waals surface area contributed by atoms with Crippen LogP contribution < -0.4 is 5.32 Å². The van der Waals surface area contributed by atoms with Crippen molar-refractivity contribution in [3.05, 3.63) is 65.7 Å². The molecule has 28 heavy (non-hydrogen) atoms. The molecule has 2 amide bonds. The first-order valence-corrected chi connectivity index (χ1v) is 9.31. The van der Waals surface area contributed by atoms with Crippen LogP contribution in [-0.4, -0.2) is 34.8 Å². The number of nitrogens with one attached hydrogen (secondary N) is 1. The van der Waals surface area contributed by atoms with Crippen molar-refractivity contribution in [3.63, 3.8) is 0 Å². The topological polar surface area (TPSA) is 75.7 Å². The van der Waals surface area contributed by atoms with Gasteiger partial charge in [-0.15, -0.1) is 0 Å². The van der Waals surface area contributed by atoms with Crippen molar-refractivity contribution < 1.29 is 19.1 Å². The fraction of sp³-hybridized carbons (Fsp3) is 0.318. The van der Waals surface area contributed by atoms with Crippen LogP contribution in [0.1, 0.15) is 42.6 Å². The molecule has 0 aromatic heterocycles. The number of likely N-dealkylation sites (tertiary alicyclic amines) is 1. The van der Waals surface area contributed by atoms with Crippen molar-refractivity contribution >= 4 is 23.5 Å². The molecule has 146 valence electrons. The Bertz CT molecular complexity index is 864. The lowest BCUT2D eigenvalue weighted by atomic mass is 9.97. The number of benzene rings is 2. The van der Waals surface area contributed by atoms with Crippen LogP contribution in [-0.2, 0) is 16.1 Å². The summed E-state index contributed by atoms with van der Waals surface area (Å²) in [6, 6.07) is 16.1. The molecule has 2 aromatic rings. The van der Waals surface area contributed by atoms with Crippen molar-refractivity contribution in [1.29, 1.82) is 0 Å². The number of Topliss-reactive ketones (excluding diaryl/α,β-unsaturated/α-hetero) is 1. The lowest BCUT2D eigenvalue weighted by Gasteiger charge is -2.33. The van der Waals surface area contributed by atoms with Gasteiger partial charge in [-0.3, -0.25) is 14.5 Å². The van der Waals surface area contributed by atoms with Crippen molar-refractivity contribution in [2.75, 3.05) is 11.9 Å². The maximum absolute atomic E-state index is 12.9. The zero-order chi connectivity index (χ0) is 20.1. The van der Waals surface area contributed by atoms with E-state index in [2.05, 4.69) is 5.32 Å². The van der Waals surface area contributed by atoms with Gasteiger partial charge in [0.1, 0.15) is 12.1 Å². The number of carbonyl (C=O) groups excluding carboxylic acids is 3. The van der Waals surface area contributed by atoms with Crippen LogP contribution >= 0.6 is 0 Å². The number of hydrogen-bond acceptors (Lipinski definition) is 4. The average Bonchev–Trinajstić information content (AvgIpc) is 3.10. The van der Waals surface area contributed by atoms with Gasteiger partial charge in [0.2, 0.25) is 5.91 Å². The first-order chi connectivity index (χ1) is 13.4. The van der Waals surface area contributed by atoms with Crippen LogP contribution in [0.4, 0.5) is 10.5 Å². The minimum Gasteiger partial charge on any atom is -0.445 e. The van der Waals surface area contributed by atoms with Crippen LogP contribution in [0, 0.1) is 0 Å². The molecule has 6 heteroatoms. The molecule has 0 bridgehead atoms. The molecule has 6 nitrogen and oxygen atoms in total. The third kappa shape index (κ3) is 4.22. The van der Waals surface area contributed by atoms with Gasteiger partial charge in [0.25, 0.3) is 0 Å². The van der Waals surface area contributed by atoms with E-state index in [1.807, 2.05) is 30.3 Å². The van der Waals surface area contributed by atoms with E-state index in [9.17, 15) is 14.4 Å². The highest BCUT2D eigenvalue weighted by atomic mass is 16.6. The monoisotopic (exact) mass is 380 g/mol. The molecule has 1 fully saturated rings. The molecule has 1 aliphatic rings. The molecule has 0 radical (unpaired) electrons. The second-order valence-electron chi connectivity index (χ2n) is 7.16. The first-order valence-electron chi connectivity index (χ1n) is 9.31. The number of rotatable bonds is 5. The summed E-state index contributed by atoms with van der Waals surface area (Å²) < 4.78 is 5.42. The Morgan fingerprint density at radius 2 is 1.75 bits per heavy atom. The van der Waals surface area contributed by atoms with E-state index in [-0.39, 0.29) is 18.3 Å². The molecule has 1 saturated heterocycles. The van der Waals surface area contributed by atoms with E-state index in [1.54, 1.807) is 31.2 Å². The standard InChI is InChI=1S/C22H24N2O4/c1-16(25)18-9-11-19(12-10-18)23-20(26)22(2)13-6-14-24(22)21(27)28-15-17-7-4-3-5-8-17/h3-5,7-12H,6,13-15H2,1-2H3,(H,23,26). The Morgan fingerprint density at radius 3 is 2.39 bits per heavy atom. The van der Waals surface area contributed by atoms with E-state index < -0.39 is 11.6 Å². The van der Waals surface area contributed by atoms with Crippen LogP contribution in [0.25, 0.3) is 0 Å². The largest absolute Gasteiger partial charge is 0.445 e. The summed E-state index contributed by atoms with van der Waals surface area (Å²) >= 11 is 0. The predicted octanol–water partition coefficient (Wildman–Crippen LogP) is 4.02. The Morgan fingerprint density at radius 1 is 1.07 bits per heavy atom. The lowest BCUT2D eigenvalue weighted by molar-refractivity contribution is -0.125. The second kappa shape index (κ2) is 8.25. The number of carbonyl (C=O) groups is 3. The average molecular weight is 380 g/mol. The Hall–Kier alpha value is -3.15. The molecule has 1 aliphatic heterocycles. The molecule has 0 spiro atoms. The summed E-state index contributed by atoms with van der Waals surface area (Å²) in [5.74, 6) is -0.301. The molecule has 0 aliphatic carbocycles. The highest BCUT2D eigenvalue weighted by Gasteiger charge is 2.46. The van der Waals surface area contributed by atoms with E-state index >= 15 is 0 Å². The lowest BCUT2D eigenvalue weighted by Crippen LogP contribution is -2.53. The number of ketones is 1. The van der Waals surface area contributed by atoms with Gasteiger partial charge in [-0.05, 0) is 56.5 Å². The second-order valence-corrected chi connectivity index (χ2v) is 7.16. The number of nitrogens with zero attached hydrogens (tertiary/aromatic N) is 1. The van der Waals surface area contributed by atoms with Gasteiger partial charge in [-0.1, -0.05) is 30.3 Å². The molecular formula is C22H24N2O4. The summed E-state index contributed by atoms with van der Waals surface area (Å²) in [6.07, 6.45) is 0.796. The summed E-state index contributed by atoms with van der Waals surface area (Å²) in [5, 5.41) is 2.85. The van der Waals surface area contributed by atoms with Crippen LogP contribution in [0.3, 0.4) is 0 Å². The Labute approximate surface area is 164 Å². The quantitative estimate of drug-likeness (QED) is 0.795. The van der Waals surface area contributed by atoms with Crippen LogP contribution in [0.5, 0.6) is 0 Å². The number of ether oxygens (including phenoxy) is 1.